The lowest BCUT2D eigenvalue weighted by atomic mass is 10.3. The normalized spacial score (nSPS) is 14.7. The number of ether oxygens (including phenoxy) is 1. The number of carbonyl (C=O) groups excluding carboxylic acids is 1. The molecule has 0 saturated carbocycles. The van der Waals surface area contributed by atoms with E-state index in [0.717, 1.165) is 29.5 Å². The summed E-state index contributed by atoms with van der Waals surface area (Å²) in [5, 5.41) is 0. The minimum Gasteiger partial charge on any atom is -0.378 e. The van der Waals surface area contributed by atoms with E-state index in [-0.39, 0.29) is 17.3 Å². The lowest BCUT2D eigenvalue weighted by molar-refractivity contribution is -0.135. The Kier molecular flexibility index (Phi) is 5.77. The van der Waals surface area contributed by atoms with Crippen molar-refractivity contribution in [3.05, 3.63) is 57.7 Å². The average molecular weight is 469 g/mol. The molecular weight excluding hydrogens is 452 g/mol. The highest BCUT2D eigenvalue weighted by molar-refractivity contribution is 7.92. The van der Waals surface area contributed by atoms with Crippen LogP contribution in [0.25, 0.3) is 10.2 Å². The smallest absolute Gasteiger partial charge is 0.308 e. The van der Waals surface area contributed by atoms with Crippen LogP contribution in [0.4, 0.5) is 14.5 Å². The number of sulfonamides is 1. The number of hydrogen-bond acceptors (Lipinski definition) is 6. The fraction of sp³-hybridized carbons (Fsp3) is 0.263. The molecular formula is C19H17F2N3O5S2. The molecule has 4 rings (SSSR count). The van der Waals surface area contributed by atoms with Gasteiger partial charge in [0.1, 0.15) is 18.2 Å². The van der Waals surface area contributed by atoms with E-state index in [1.807, 2.05) is 4.72 Å². The molecule has 31 heavy (non-hydrogen) atoms. The van der Waals surface area contributed by atoms with Gasteiger partial charge < -0.3 is 9.64 Å². The molecule has 0 radical (unpaired) electrons. The van der Waals surface area contributed by atoms with Gasteiger partial charge in [-0.2, -0.15) is 0 Å². The second-order valence-corrected chi connectivity index (χ2v) is 9.48. The van der Waals surface area contributed by atoms with Gasteiger partial charge in [-0.05, 0) is 30.3 Å². The van der Waals surface area contributed by atoms with Gasteiger partial charge in [0.25, 0.3) is 10.0 Å². The monoisotopic (exact) mass is 469 g/mol. The summed E-state index contributed by atoms with van der Waals surface area (Å²) in [6.45, 7) is 1.59. The maximum absolute atomic E-state index is 13.8. The van der Waals surface area contributed by atoms with Crippen molar-refractivity contribution in [2.24, 2.45) is 0 Å². The number of fused-ring (bicyclic) bond motifs is 1. The number of nitrogens with one attached hydrogen (secondary N) is 1. The molecule has 1 saturated heterocycles. The van der Waals surface area contributed by atoms with Crippen molar-refractivity contribution in [1.82, 2.24) is 9.47 Å². The van der Waals surface area contributed by atoms with Crippen LogP contribution in [0.5, 0.6) is 0 Å². The largest absolute Gasteiger partial charge is 0.378 e. The molecule has 0 spiro atoms. The molecule has 3 aromatic rings. The number of morpholine rings is 1. The summed E-state index contributed by atoms with van der Waals surface area (Å²) in [4.78, 5) is 25.9. The van der Waals surface area contributed by atoms with Crippen molar-refractivity contribution in [1.29, 1.82) is 0 Å². The Morgan fingerprint density at radius 3 is 2.61 bits per heavy atom. The molecule has 0 bridgehead atoms. The van der Waals surface area contributed by atoms with E-state index in [1.165, 1.54) is 22.8 Å². The van der Waals surface area contributed by atoms with Crippen molar-refractivity contribution >= 4 is 43.2 Å². The summed E-state index contributed by atoms with van der Waals surface area (Å²) >= 11 is 0.795. The standard InChI is InChI=1S/C19H17F2N3O5S2/c20-12-1-3-14(21)15(9-12)22-31(27,28)13-2-4-16-17(10-13)30-19(26)24(16)11-18(25)23-5-7-29-8-6-23/h1-4,9-10,22H,5-8,11H2. The first-order valence-corrected chi connectivity index (χ1v) is 11.5. The molecule has 0 unspecified atom stereocenters. The average Bonchev–Trinajstić information content (AvgIpc) is 3.05. The number of nitrogens with zero attached hydrogens (tertiary/aromatic N) is 2. The Labute approximate surface area is 179 Å². The van der Waals surface area contributed by atoms with Gasteiger partial charge in [-0.15, -0.1) is 0 Å². The van der Waals surface area contributed by atoms with E-state index in [0.29, 0.717) is 36.5 Å². The van der Waals surface area contributed by atoms with Crippen molar-refractivity contribution in [3.8, 4) is 0 Å². The molecule has 2 aromatic carbocycles. The zero-order chi connectivity index (χ0) is 22.2. The predicted molar refractivity (Wildman–Crippen MR) is 111 cm³/mol. The molecule has 1 N–H and O–H groups in total. The lowest BCUT2D eigenvalue weighted by Gasteiger charge is -2.26. The summed E-state index contributed by atoms with van der Waals surface area (Å²) < 4.78 is 61.3. The number of aromatic nitrogens is 1. The van der Waals surface area contributed by atoms with Gasteiger partial charge in [0.15, 0.2) is 0 Å². The molecule has 1 aliphatic heterocycles. The zero-order valence-electron chi connectivity index (χ0n) is 16.0. The van der Waals surface area contributed by atoms with Gasteiger partial charge in [-0.3, -0.25) is 18.9 Å². The second kappa shape index (κ2) is 8.36. The zero-order valence-corrected chi connectivity index (χ0v) is 17.6. The topological polar surface area (TPSA) is 97.7 Å². The number of thiazole rings is 1. The fourth-order valence-electron chi connectivity index (χ4n) is 3.19. The molecule has 0 atom stereocenters. The minimum absolute atomic E-state index is 0.169. The van der Waals surface area contributed by atoms with Crippen molar-refractivity contribution < 1.29 is 26.7 Å². The third-order valence-electron chi connectivity index (χ3n) is 4.78. The Morgan fingerprint density at radius 2 is 1.87 bits per heavy atom. The Bertz CT molecular complexity index is 1310. The maximum atomic E-state index is 13.8. The highest BCUT2D eigenvalue weighted by atomic mass is 32.2. The lowest BCUT2D eigenvalue weighted by Crippen LogP contribution is -2.43. The summed E-state index contributed by atoms with van der Waals surface area (Å²) in [5.74, 6) is -1.96. The van der Waals surface area contributed by atoms with E-state index in [1.54, 1.807) is 4.90 Å². The van der Waals surface area contributed by atoms with Crippen LogP contribution < -0.4 is 9.60 Å². The number of rotatable bonds is 5. The van der Waals surface area contributed by atoms with Gasteiger partial charge in [-0.1, -0.05) is 11.3 Å². The van der Waals surface area contributed by atoms with Crippen molar-refractivity contribution in [3.63, 3.8) is 0 Å². The van der Waals surface area contributed by atoms with E-state index >= 15 is 0 Å². The molecule has 8 nitrogen and oxygen atoms in total. The Balaban J connectivity index is 1.62. The van der Waals surface area contributed by atoms with E-state index in [2.05, 4.69) is 0 Å². The number of benzene rings is 2. The van der Waals surface area contributed by atoms with Crippen LogP contribution in [-0.2, 0) is 26.1 Å². The molecule has 0 aliphatic carbocycles. The molecule has 2 heterocycles. The summed E-state index contributed by atoms with van der Waals surface area (Å²) in [6.07, 6.45) is 0. The Morgan fingerprint density at radius 1 is 1.13 bits per heavy atom. The third-order valence-corrected chi connectivity index (χ3v) is 7.09. The van der Waals surface area contributed by atoms with Crippen LogP contribution in [0, 0.1) is 11.6 Å². The highest BCUT2D eigenvalue weighted by Gasteiger charge is 2.22. The van der Waals surface area contributed by atoms with Gasteiger partial charge in [-0.25, -0.2) is 17.2 Å². The first-order chi connectivity index (χ1) is 14.7. The summed E-state index contributed by atoms with van der Waals surface area (Å²) in [6, 6.07) is 6.33. The van der Waals surface area contributed by atoms with Crippen LogP contribution in [0.1, 0.15) is 0 Å². The van der Waals surface area contributed by atoms with Gasteiger partial charge >= 0.3 is 4.87 Å². The van der Waals surface area contributed by atoms with Crippen LogP contribution >= 0.6 is 11.3 Å². The number of carbonyl (C=O) groups is 1. The fourth-order valence-corrected chi connectivity index (χ4v) is 5.28. The third kappa shape index (κ3) is 4.45. The quantitative estimate of drug-likeness (QED) is 0.617. The molecule has 1 fully saturated rings. The first kappa shape index (κ1) is 21.4. The SMILES string of the molecule is O=C(Cn1c(=O)sc2cc(S(=O)(=O)Nc3cc(F)ccc3F)ccc21)N1CCOCC1. The van der Waals surface area contributed by atoms with Crippen LogP contribution in [0.2, 0.25) is 0 Å². The summed E-state index contributed by atoms with van der Waals surface area (Å²) in [5.41, 5.74) is -0.116. The van der Waals surface area contributed by atoms with Crippen LogP contribution in [-0.4, -0.2) is 50.1 Å². The van der Waals surface area contributed by atoms with Crippen molar-refractivity contribution in [2.75, 3.05) is 31.0 Å². The molecule has 12 heteroatoms. The van der Waals surface area contributed by atoms with E-state index < -0.39 is 32.2 Å². The maximum Gasteiger partial charge on any atom is 0.308 e. The van der Waals surface area contributed by atoms with Gasteiger partial charge in [0.05, 0.1) is 34.0 Å². The number of halogens is 2. The highest BCUT2D eigenvalue weighted by Crippen LogP contribution is 2.25. The minimum atomic E-state index is -4.24. The van der Waals surface area contributed by atoms with Crippen molar-refractivity contribution in [2.45, 2.75) is 11.4 Å². The van der Waals surface area contributed by atoms with Crippen LogP contribution in [0.3, 0.4) is 0 Å². The molecule has 1 aliphatic rings. The number of amides is 1. The predicted octanol–water partition coefficient (Wildman–Crippen LogP) is 2.00. The van der Waals surface area contributed by atoms with Gasteiger partial charge in [0, 0.05) is 19.2 Å². The number of hydrogen-bond donors (Lipinski definition) is 1. The second-order valence-electron chi connectivity index (χ2n) is 6.81. The van der Waals surface area contributed by atoms with E-state index in [4.69, 9.17) is 4.74 Å². The molecule has 164 valence electrons. The molecule has 1 aromatic heterocycles. The first-order valence-electron chi connectivity index (χ1n) is 9.21. The molecule has 1 amide bonds. The summed E-state index contributed by atoms with van der Waals surface area (Å²) in [7, 11) is -4.24. The Hall–Kier alpha value is -2.83. The van der Waals surface area contributed by atoms with Crippen LogP contribution in [0.15, 0.2) is 46.1 Å². The van der Waals surface area contributed by atoms with E-state index in [9.17, 15) is 26.8 Å². The number of anilines is 1. The van der Waals surface area contributed by atoms with Gasteiger partial charge in [0.2, 0.25) is 5.91 Å².